The Morgan fingerprint density at radius 3 is 2.43 bits per heavy atom. The third kappa shape index (κ3) is 4.51. The number of rotatable bonds is 7. The molecule has 23 heavy (non-hydrogen) atoms. The quantitative estimate of drug-likeness (QED) is 0.730. The Morgan fingerprint density at radius 2 is 1.74 bits per heavy atom. The molecule has 1 aliphatic heterocycles. The van der Waals surface area contributed by atoms with Crippen molar-refractivity contribution in [1.29, 1.82) is 0 Å². The van der Waals surface area contributed by atoms with Crippen LogP contribution in [0.3, 0.4) is 0 Å². The molecule has 124 valence electrons. The van der Waals surface area contributed by atoms with E-state index in [1.165, 1.54) is 25.1 Å². The van der Waals surface area contributed by atoms with Gasteiger partial charge in [-0.05, 0) is 37.9 Å². The van der Waals surface area contributed by atoms with Gasteiger partial charge in [-0.15, -0.1) is 0 Å². The molecule has 0 saturated carbocycles. The average Bonchev–Trinajstić information content (AvgIpc) is 3.08. The fraction of sp³-hybridized carbons (Fsp3) is 0.588. The zero-order valence-corrected chi connectivity index (χ0v) is 13.9. The first-order chi connectivity index (χ1) is 11.3. The second-order valence-corrected chi connectivity index (χ2v) is 6.01. The molecule has 0 N–H and O–H groups in total. The zero-order chi connectivity index (χ0) is 15.9. The van der Waals surface area contributed by atoms with Crippen molar-refractivity contribution in [3.05, 3.63) is 36.4 Å². The van der Waals surface area contributed by atoms with Crippen molar-refractivity contribution in [3.63, 3.8) is 0 Å². The second kappa shape index (κ2) is 8.06. The maximum absolute atomic E-state index is 4.54. The highest BCUT2D eigenvalue weighted by Crippen LogP contribution is 2.10. The summed E-state index contributed by atoms with van der Waals surface area (Å²) < 4.78 is 2.07. The van der Waals surface area contributed by atoms with Crippen LogP contribution in [0.5, 0.6) is 0 Å². The van der Waals surface area contributed by atoms with E-state index in [9.17, 15) is 0 Å². The van der Waals surface area contributed by atoms with Gasteiger partial charge in [0.15, 0.2) is 0 Å². The van der Waals surface area contributed by atoms with Crippen molar-refractivity contribution in [2.24, 2.45) is 0 Å². The maximum atomic E-state index is 4.54. The summed E-state index contributed by atoms with van der Waals surface area (Å²) in [5.41, 5.74) is 1.18. The number of piperazine rings is 1. The largest absolute Gasteiger partial charge is 0.338 e. The summed E-state index contributed by atoms with van der Waals surface area (Å²) in [6.07, 6.45) is 9.15. The number of hydrogen-bond acceptors (Lipinski definition) is 5. The normalized spacial score (nSPS) is 16.0. The number of unbranched alkanes of at least 4 members (excludes halogenated alkanes) is 1. The standard InChI is InChI=1S/C17H26N6/c1-2-16-6-11-23(20-16)10-4-3-9-21-12-14-22(15-13-21)17-18-7-5-8-19-17/h5-8,11H,2-4,9-10,12-15H2,1H3. The molecule has 1 saturated heterocycles. The zero-order valence-electron chi connectivity index (χ0n) is 13.9. The van der Waals surface area contributed by atoms with Crippen LogP contribution < -0.4 is 4.90 Å². The molecule has 2 aromatic heterocycles. The molecule has 0 atom stereocenters. The van der Waals surface area contributed by atoms with Crippen LogP contribution in [0.1, 0.15) is 25.5 Å². The first-order valence-corrected chi connectivity index (χ1v) is 8.62. The van der Waals surface area contributed by atoms with E-state index in [-0.39, 0.29) is 0 Å². The van der Waals surface area contributed by atoms with Gasteiger partial charge in [0, 0.05) is 51.3 Å². The second-order valence-electron chi connectivity index (χ2n) is 6.01. The fourth-order valence-electron chi connectivity index (χ4n) is 2.95. The Balaban J connectivity index is 1.33. The molecule has 3 rings (SSSR count). The highest BCUT2D eigenvalue weighted by atomic mass is 15.3. The van der Waals surface area contributed by atoms with Crippen molar-refractivity contribution in [2.75, 3.05) is 37.6 Å². The lowest BCUT2D eigenvalue weighted by atomic mass is 10.2. The van der Waals surface area contributed by atoms with Crippen LogP contribution in [0, 0.1) is 0 Å². The fourth-order valence-corrected chi connectivity index (χ4v) is 2.95. The van der Waals surface area contributed by atoms with Gasteiger partial charge in [-0.3, -0.25) is 9.58 Å². The summed E-state index contributed by atoms with van der Waals surface area (Å²) in [6.45, 7) is 8.57. The smallest absolute Gasteiger partial charge is 0.225 e. The van der Waals surface area contributed by atoms with Crippen LogP contribution in [-0.2, 0) is 13.0 Å². The molecule has 6 nitrogen and oxygen atoms in total. The average molecular weight is 314 g/mol. The maximum Gasteiger partial charge on any atom is 0.225 e. The molecule has 2 aromatic rings. The topological polar surface area (TPSA) is 50.1 Å². The van der Waals surface area contributed by atoms with Crippen LogP contribution in [0.15, 0.2) is 30.7 Å². The highest BCUT2D eigenvalue weighted by molar-refractivity contribution is 5.29. The minimum atomic E-state index is 0.859. The molecule has 0 aromatic carbocycles. The summed E-state index contributed by atoms with van der Waals surface area (Å²) in [4.78, 5) is 13.5. The molecule has 0 amide bonds. The highest BCUT2D eigenvalue weighted by Gasteiger charge is 2.17. The first-order valence-electron chi connectivity index (χ1n) is 8.62. The molecule has 6 heteroatoms. The Hall–Kier alpha value is -1.95. The molecular formula is C17H26N6. The molecule has 0 spiro atoms. The van der Waals surface area contributed by atoms with E-state index in [4.69, 9.17) is 0 Å². The lowest BCUT2D eigenvalue weighted by molar-refractivity contribution is 0.249. The molecule has 1 fully saturated rings. The molecule has 3 heterocycles. The van der Waals surface area contributed by atoms with Gasteiger partial charge in [0.25, 0.3) is 0 Å². The monoisotopic (exact) mass is 314 g/mol. The van der Waals surface area contributed by atoms with Crippen LogP contribution in [0.4, 0.5) is 5.95 Å². The molecule has 0 aliphatic carbocycles. The summed E-state index contributed by atoms with van der Waals surface area (Å²) in [7, 11) is 0. The Kier molecular flexibility index (Phi) is 5.58. The predicted molar refractivity (Wildman–Crippen MR) is 91.5 cm³/mol. The van der Waals surface area contributed by atoms with E-state index in [1.807, 2.05) is 18.5 Å². The van der Waals surface area contributed by atoms with Gasteiger partial charge in [0.05, 0.1) is 5.69 Å². The van der Waals surface area contributed by atoms with Gasteiger partial charge in [0.2, 0.25) is 5.95 Å². The SMILES string of the molecule is CCc1ccn(CCCCN2CCN(c3ncccn3)CC2)n1. The van der Waals surface area contributed by atoms with Gasteiger partial charge in [0.1, 0.15) is 0 Å². The van der Waals surface area contributed by atoms with E-state index < -0.39 is 0 Å². The molecule has 0 unspecified atom stereocenters. The van der Waals surface area contributed by atoms with E-state index in [0.717, 1.165) is 45.1 Å². The number of anilines is 1. The van der Waals surface area contributed by atoms with Crippen molar-refractivity contribution < 1.29 is 0 Å². The van der Waals surface area contributed by atoms with Gasteiger partial charge in [-0.25, -0.2) is 9.97 Å². The van der Waals surface area contributed by atoms with Crippen LogP contribution in [0.25, 0.3) is 0 Å². The minimum absolute atomic E-state index is 0.859. The third-order valence-electron chi connectivity index (χ3n) is 4.38. The summed E-state index contributed by atoms with van der Waals surface area (Å²) in [5, 5.41) is 4.54. The van der Waals surface area contributed by atoms with E-state index >= 15 is 0 Å². The molecular weight excluding hydrogens is 288 g/mol. The van der Waals surface area contributed by atoms with Crippen molar-refractivity contribution in [1.82, 2.24) is 24.6 Å². The Labute approximate surface area is 138 Å². The van der Waals surface area contributed by atoms with Gasteiger partial charge in [-0.2, -0.15) is 5.10 Å². The molecule has 0 bridgehead atoms. The third-order valence-corrected chi connectivity index (χ3v) is 4.38. The Morgan fingerprint density at radius 1 is 1.00 bits per heavy atom. The molecule has 0 radical (unpaired) electrons. The summed E-state index contributed by atoms with van der Waals surface area (Å²) in [5.74, 6) is 0.859. The summed E-state index contributed by atoms with van der Waals surface area (Å²) >= 11 is 0. The van der Waals surface area contributed by atoms with E-state index in [0.29, 0.717) is 0 Å². The minimum Gasteiger partial charge on any atom is -0.338 e. The van der Waals surface area contributed by atoms with Crippen LogP contribution in [-0.4, -0.2) is 57.4 Å². The van der Waals surface area contributed by atoms with Crippen LogP contribution in [0.2, 0.25) is 0 Å². The van der Waals surface area contributed by atoms with Crippen molar-refractivity contribution in [2.45, 2.75) is 32.7 Å². The van der Waals surface area contributed by atoms with Gasteiger partial charge >= 0.3 is 0 Å². The number of nitrogens with zero attached hydrogens (tertiary/aromatic N) is 6. The van der Waals surface area contributed by atoms with E-state index in [1.54, 1.807) is 0 Å². The summed E-state index contributed by atoms with van der Waals surface area (Å²) in [6, 6.07) is 3.98. The van der Waals surface area contributed by atoms with Gasteiger partial charge < -0.3 is 4.90 Å². The van der Waals surface area contributed by atoms with Crippen molar-refractivity contribution >= 4 is 5.95 Å². The number of aryl methyl sites for hydroxylation is 2. The lowest BCUT2D eigenvalue weighted by Crippen LogP contribution is -2.47. The first kappa shape index (κ1) is 15.9. The Bertz CT molecular complexity index is 574. The van der Waals surface area contributed by atoms with Crippen molar-refractivity contribution in [3.8, 4) is 0 Å². The lowest BCUT2D eigenvalue weighted by Gasteiger charge is -2.34. The number of hydrogen-bond donors (Lipinski definition) is 0. The number of aromatic nitrogens is 4. The van der Waals surface area contributed by atoms with Gasteiger partial charge in [-0.1, -0.05) is 6.92 Å². The van der Waals surface area contributed by atoms with Crippen LogP contribution >= 0.6 is 0 Å². The molecule has 1 aliphatic rings. The predicted octanol–water partition coefficient (Wildman–Crippen LogP) is 1.84. The van der Waals surface area contributed by atoms with E-state index in [2.05, 4.69) is 48.7 Å².